The number of anilines is 1. The summed E-state index contributed by atoms with van der Waals surface area (Å²) in [5, 5.41) is 12.4. The zero-order valence-corrected chi connectivity index (χ0v) is 26.2. The fourth-order valence-corrected chi connectivity index (χ4v) is 6.07. The lowest BCUT2D eigenvalue weighted by Gasteiger charge is -2.30. The second-order valence-corrected chi connectivity index (χ2v) is 12.1. The molecular formula is C36H30N4O8. The first-order chi connectivity index (χ1) is 23.0. The Labute approximate surface area is 274 Å². The summed E-state index contributed by atoms with van der Waals surface area (Å²) in [7, 11) is 0. The van der Waals surface area contributed by atoms with E-state index in [2.05, 4.69) is 9.97 Å². The molecule has 7 rings (SSSR count). The van der Waals surface area contributed by atoms with Gasteiger partial charge < -0.3 is 23.9 Å². The molecule has 2 aliphatic rings. The minimum Gasteiger partial charge on any atom is -0.459 e. The summed E-state index contributed by atoms with van der Waals surface area (Å²) in [6, 6.07) is 21.7. The summed E-state index contributed by atoms with van der Waals surface area (Å²) in [5.74, 6) is -2.30. The predicted molar refractivity (Wildman–Crippen MR) is 171 cm³/mol. The number of carbonyl (C=O) groups excluding carboxylic acids is 4. The second-order valence-electron chi connectivity index (χ2n) is 12.1. The van der Waals surface area contributed by atoms with Crippen molar-refractivity contribution in [1.29, 1.82) is 0 Å². The normalized spacial score (nSPS) is 21.8. The zero-order valence-electron chi connectivity index (χ0n) is 26.2. The molecule has 0 aliphatic carbocycles. The molecule has 2 aliphatic heterocycles. The van der Waals surface area contributed by atoms with Crippen LogP contribution in [0.5, 0.6) is 0 Å². The first-order valence-electron chi connectivity index (χ1n) is 15.2. The first kappa shape index (κ1) is 30.9. The number of ether oxygens (including phenoxy) is 3. The van der Waals surface area contributed by atoms with E-state index in [-0.39, 0.29) is 34.8 Å². The maximum absolute atomic E-state index is 13.3. The van der Waals surface area contributed by atoms with Crippen molar-refractivity contribution in [2.75, 3.05) is 11.5 Å². The van der Waals surface area contributed by atoms with Crippen molar-refractivity contribution in [2.45, 2.75) is 44.8 Å². The molecule has 4 heterocycles. The molecular weight excluding hydrogens is 616 g/mol. The number of hydrogen-bond donors (Lipinski definition) is 1. The molecule has 2 aromatic heterocycles. The summed E-state index contributed by atoms with van der Waals surface area (Å²) < 4.78 is 19.3. The van der Waals surface area contributed by atoms with Crippen LogP contribution >= 0.6 is 0 Å². The van der Waals surface area contributed by atoms with Crippen molar-refractivity contribution in [1.82, 2.24) is 14.5 Å². The van der Waals surface area contributed by atoms with Crippen LogP contribution in [-0.2, 0) is 14.2 Å². The van der Waals surface area contributed by atoms with Crippen LogP contribution in [0.4, 0.5) is 5.82 Å². The summed E-state index contributed by atoms with van der Waals surface area (Å²) in [6.45, 7) is 4.89. The Morgan fingerprint density at radius 1 is 0.854 bits per heavy atom. The quantitative estimate of drug-likeness (QED) is 0.197. The van der Waals surface area contributed by atoms with Gasteiger partial charge in [-0.2, -0.15) is 0 Å². The van der Waals surface area contributed by atoms with Gasteiger partial charge in [-0.3, -0.25) is 9.59 Å². The average Bonchev–Trinajstić information content (AvgIpc) is 3.70. The fourth-order valence-electron chi connectivity index (χ4n) is 6.07. The molecule has 12 heteroatoms. The van der Waals surface area contributed by atoms with Crippen molar-refractivity contribution in [3.8, 4) is 0 Å². The number of carbonyl (C=O) groups is 4. The molecule has 0 unspecified atom stereocenters. The monoisotopic (exact) mass is 646 g/mol. The number of imide groups is 1. The number of aryl methyl sites for hydroxylation is 2. The van der Waals surface area contributed by atoms with E-state index in [4.69, 9.17) is 14.2 Å². The highest BCUT2D eigenvalue weighted by molar-refractivity contribution is 6.35. The Morgan fingerprint density at radius 3 is 2.04 bits per heavy atom. The van der Waals surface area contributed by atoms with E-state index >= 15 is 0 Å². The molecule has 0 bridgehead atoms. The molecule has 12 nitrogen and oxygen atoms in total. The van der Waals surface area contributed by atoms with E-state index in [1.165, 1.54) is 17.8 Å². The number of esters is 2. The molecule has 48 heavy (non-hydrogen) atoms. The van der Waals surface area contributed by atoms with Gasteiger partial charge in [0.05, 0.1) is 27.6 Å². The van der Waals surface area contributed by atoms with Crippen molar-refractivity contribution in [3.05, 3.63) is 125 Å². The molecule has 1 N–H and O–H groups in total. The lowest BCUT2D eigenvalue weighted by Crippen LogP contribution is -2.47. The smallest absolute Gasteiger partial charge is 0.338 e. The lowest BCUT2D eigenvalue weighted by molar-refractivity contribution is -0.0976. The van der Waals surface area contributed by atoms with Gasteiger partial charge in [0.1, 0.15) is 30.3 Å². The summed E-state index contributed by atoms with van der Waals surface area (Å²) in [5.41, 5.74) is 1.39. The van der Waals surface area contributed by atoms with Gasteiger partial charge in [0.15, 0.2) is 18.1 Å². The van der Waals surface area contributed by atoms with Gasteiger partial charge in [-0.25, -0.2) is 24.5 Å². The van der Waals surface area contributed by atoms with E-state index in [1.54, 1.807) is 85.1 Å². The fraction of sp³-hybridized carbons (Fsp3) is 0.222. The van der Waals surface area contributed by atoms with Crippen LogP contribution in [0.2, 0.25) is 0 Å². The molecule has 3 aromatic carbocycles. The highest BCUT2D eigenvalue weighted by atomic mass is 16.6. The van der Waals surface area contributed by atoms with Gasteiger partial charge in [0.2, 0.25) is 0 Å². The SMILES string of the molecule is Cc1ccc(C(=O)OC[C@H]2O[C@@H](n3ccc4c(N5C(=O)c6ccccc6C5=O)ncnc43)[C@](C)(O)[C@@H]2OC(=O)c2ccc(C)cc2)cc1. The zero-order chi connectivity index (χ0) is 33.7. The highest BCUT2D eigenvalue weighted by Gasteiger charge is 2.57. The third-order valence-electron chi connectivity index (χ3n) is 8.65. The molecule has 242 valence electrons. The van der Waals surface area contributed by atoms with Crippen LogP contribution in [0.1, 0.15) is 65.7 Å². The maximum Gasteiger partial charge on any atom is 0.338 e. The molecule has 0 radical (unpaired) electrons. The van der Waals surface area contributed by atoms with Crippen LogP contribution < -0.4 is 4.90 Å². The Bertz CT molecular complexity index is 2050. The third kappa shape index (κ3) is 5.20. The number of nitrogens with zero attached hydrogens (tertiary/aromatic N) is 4. The number of aromatic nitrogens is 3. The number of rotatable bonds is 7. The second kappa shape index (κ2) is 11.8. The predicted octanol–water partition coefficient (Wildman–Crippen LogP) is 4.58. The van der Waals surface area contributed by atoms with E-state index < -0.39 is 47.8 Å². The van der Waals surface area contributed by atoms with Crippen LogP contribution in [0, 0.1) is 13.8 Å². The number of amides is 2. The maximum atomic E-state index is 13.3. The molecule has 5 aromatic rings. The average molecular weight is 647 g/mol. The van der Waals surface area contributed by atoms with E-state index in [1.807, 2.05) is 13.8 Å². The topological polar surface area (TPSA) is 150 Å². The summed E-state index contributed by atoms with van der Waals surface area (Å²) >= 11 is 0. The van der Waals surface area contributed by atoms with Crippen molar-refractivity contribution in [2.24, 2.45) is 0 Å². The molecule has 1 fully saturated rings. The number of aliphatic hydroxyl groups is 1. The van der Waals surface area contributed by atoms with Crippen LogP contribution in [0.15, 0.2) is 91.4 Å². The van der Waals surface area contributed by atoms with Crippen LogP contribution in [0.25, 0.3) is 11.0 Å². The van der Waals surface area contributed by atoms with Gasteiger partial charge in [-0.05, 0) is 63.2 Å². The van der Waals surface area contributed by atoms with E-state index in [9.17, 15) is 24.3 Å². The Morgan fingerprint density at radius 2 is 1.44 bits per heavy atom. The standard InChI is InChI=1S/C36H30N4O8/c1-20-8-12-22(13-9-20)33(43)46-18-27-28(48-34(44)23-14-10-21(2)11-15-23)36(3,45)35(47-27)39-17-16-26-29(39)37-19-38-30(26)40-31(41)24-6-4-5-7-25(24)32(40)42/h4-17,19,27-28,35,45H,18H2,1-3H3/t27-,28-,35-,36-/m1/s1. The van der Waals surface area contributed by atoms with Gasteiger partial charge in [0, 0.05) is 6.20 Å². The first-order valence-corrected chi connectivity index (χ1v) is 15.2. The molecule has 1 saturated heterocycles. The molecule has 4 atom stereocenters. The van der Waals surface area contributed by atoms with Gasteiger partial charge >= 0.3 is 11.9 Å². The van der Waals surface area contributed by atoms with Crippen molar-refractivity contribution < 1.29 is 38.5 Å². The number of hydrogen-bond acceptors (Lipinski definition) is 10. The largest absolute Gasteiger partial charge is 0.459 e. The minimum atomic E-state index is -1.88. The van der Waals surface area contributed by atoms with Crippen LogP contribution in [-0.4, -0.2) is 67.8 Å². The molecule has 2 amide bonds. The molecule has 0 spiro atoms. The Balaban J connectivity index is 1.22. The number of fused-ring (bicyclic) bond motifs is 2. The van der Waals surface area contributed by atoms with Crippen LogP contribution in [0.3, 0.4) is 0 Å². The summed E-state index contributed by atoms with van der Waals surface area (Å²) in [6.07, 6.45) is -0.823. The van der Waals surface area contributed by atoms with Gasteiger partial charge in [-0.1, -0.05) is 47.5 Å². The van der Waals surface area contributed by atoms with Crippen molar-refractivity contribution >= 4 is 40.6 Å². The highest BCUT2D eigenvalue weighted by Crippen LogP contribution is 2.43. The number of benzene rings is 3. The summed E-state index contributed by atoms with van der Waals surface area (Å²) in [4.78, 5) is 62.4. The lowest BCUT2D eigenvalue weighted by atomic mass is 9.96. The van der Waals surface area contributed by atoms with E-state index in [0.29, 0.717) is 10.9 Å². The minimum absolute atomic E-state index is 0.0634. The molecule has 0 saturated carbocycles. The van der Waals surface area contributed by atoms with Gasteiger partial charge in [0.25, 0.3) is 11.8 Å². The Hall–Kier alpha value is -5.72. The third-order valence-corrected chi connectivity index (χ3v) is 8.65. The van der Waals surface area contributed by atoms with E-state index in [0.717, 1.165) is 16.0 Å². The van der Waals surface area contributed by atoms with Crippen molar-refractivity contribution in [3.63, 3.8) is 0 Å². The Kier molecular flexibility index (Phi) is 7.61. The van der Waals surface area contributed by atoms with Gasteiger partial charge in [-0.15, -0.1) is 0 Å².